The second kappa shape index (κ2) is 6.64. The Morgan fingerprint density at radius 3 is 1.86 bits per heavy atom. The fourth-order valence-corrected chi connectivity index (χ4v) is 3.62. The molecule has 0 radical (unpaired) electrons. The zero-order valence-electron chi connectivity index (χ0n) is 13.3. The Kier molecular flexibility index (Phi) is 4.60. The van der Waals surface area contributed by atoms with Gasteiger partial charge in [0.25, 0.3) is 0 Å². The minimum absolute atomic E-state index is 0.230. The normalized spacial score (nSPS) is 24.8. The van der Waals surface area contributed by atoms with Gasteiger partial charge in [-0.2, -0.15) is 0 Å². The largest absolute Gasteiger partial charge is 0.389 e. The first-order chi connectivity index (χ1) is 10.6. The Bertz CT molecular complexity index is 538. The van der Waals surface area contributed by atoms with Crippen LogP contribution in [0.4, 0.5) is 0 Å². The molecule has 0 unspecified atom stereocenters. The van der Waals surface area contributed by atoms with Gasteiger partial charge in [-0.05, 0) is 37.3 Å². The lowest BCUT2D eigenvalue weighted by molar-refractivity contribution is -0.0196. The molecule has 1 aliphatic carbocycles. The number of benzene rings is 2. The van der Waals surface area contributed by atoms with Crippen LogP contribution in [0.3, 0.4) is 0 Å². The molecule has 2 nitrogen and oxygen atoms in total. The molecule has 1 N–H and O–H groups in total. The third-order valence-electron chi connectivity index (χ3n) is 4.78. The summed E-state index contributed by atoms with van der Waals surface area (Å²) >= 11 is 0. The fourth-order valence-electron chi connectivity index (χ4n) is 3.62. The molecule has 2 aromatic carbocycles. The summed E-state index contributed by atoms with van der Waals surface area (Å²) in [6.45, 7) is 3.76. The van der Waals surface area contributed by atoms with E-state index in [1.165, 1.54) is 11.1 Å². The van der Waals surface area contributed by atoms with Crippen LogP contribution in [0.1, 0.15) is 37.3 Å². The molecule has 1 aliphatic rings. The molecule has 2 aromatic rings. The summed E-state index contributed by atoms with van der Waals surface area (Å²) in [7, 11) is 0. The maximum atomic E-state index is 10.7. The van der Waals surface area contributed by atoms with Crippen LogP contribution in [0.15, 0.2) is 60.7 Å². The van der Waals surface area contributed by atoms with Crippen molar-refractivity contribution in [2.45, 2.75) is 50.9 Å². The molecule has 22 heavy (non-hydrogen) atoms. The Hall–Kier alpha value is -1.64. The lowest BCUT2D eigenvalue weighted by Gasteiger charge is -2.36. The molecule has 0 aliphatic heterocycles. The van der Waals surface area contributed by atoms with Crippen molar-refractivity contribution in [2.75, 3.05) is 0 Å². The van der Waals surface area contributed by atoms with E-state index in [0.29, 0.717) is 0 Å². The van der Waals surface area contributed by atoms with Crippen molar-refractivity contribution < 1.29 is 5.11 Å². The quantitative estimate of drug-likeness (QED) is 0.901. The third kappa shape index (κ3) is 3.57. The Morgan fingerprint density at radius 1 is 0.955 bits per heavy atom. The van der Waals surface area contributed by atoms with E-state index in [1.54, 1.807) is 0 Å². The van der Waals surface area contributed by atoms with Gasteiger partial charge in [-0.15, -0.1) is 0 Å². The third-order valence-corrected chi connectivity index (χ3v) is 4.78. The first kappa shape index (κ1) is 15.3. The van der Waals surface area contributed by atoms with Crippen molar-refractivity contribution >= 4 is 0 Å². The molecule has 0 bridgehead atoms. The summed E-state index contributed by atoms with van der Waals surface area (Å²) in [5.41, 5.74) is 2.03. The van der Waals surface area contributed by atoms with Crippen LogP contribution in [0.2, 0.25) is 0 Å². The number of hydrogen-bond acceptors (Lipinski definition) is 2. The van der Waals surface area contributed by atoms with Crippen molar-refractivity contribution in [3.63, 3.8) is 0 Å². The number of aliphatic hydroxyl groups is 1. The summed E-state index contributed by atoms with van der Waals surface area (Å²) in [6, 6.07) is 21.4. The topological polar surface area (TPSA) is 23.5 Å². The number of rotatable bonds is 5. The van der Waals surface area contributed by atoms with Gasteiger partial charge in [-0.1, -0.05) is 60.7 Å². The van der Waals surface area contributed by atoms with Crippen LogP contribution in [0.25, 0.3) is 0 Å². The minimum Gasteiger partial charge on any atom is -0.389 e. The van der Waals surface area contributed by atoms with Gasteiger partial charge >= 0.3 is 0 Å². The Balaban J connectivity index is 1.82. The number of nitrogens with zero attached hydrogens (tertiary/aromatic N) is 1. The molecule has 0 heterocycles. The van der Waals surface area contributed by atoms with E-state index >= 15 is 0 Å². The average Bonchev–Trinajstić information content (AvgIpc) is 2.88. The summed E-state index contributed by atoms with van der Waals surface area (Å²) in [6.07, 6.45) is 3.09. The van der Waals surface area contributed by atoms with Crippen LogP contribution in [0.5, 0.6) is 0 Å². The molecule has 3 rings (SSSR count). The van der Waals surface area contributed by atoms with Crippen molar-refractivity contribution in [1.82, 2.24) is 4.90 Å². The van der Waals surface area contributed by atoms with Crippen LogP contribution < -0.4 is 0 Å². The zero-order chi connectivity index (χ0) is 15.4. The second-order valence-corrected chi connectivity index (χ2v) is 6.64. The molecule has 0 saturated heterocycles. The fraction of sp³-hybridized carbons (Fsp3) is 0.400. The highest BCUT2D eigenvalue weighted by molar-refractivity contribution is 5.18. The van der Waals surface area contributed by atoms with Gasteiger partial charge in [0.15, 0.2) is 0 Å². The van der Waals surface area contributed by atoms with Gasteiger partial charge in [0.05, 0.1) is 5.60 Å². The lowest BCUT2D eigenvalue weighted by Crippen LogP contribution is -2.46. The summed E-state index contributed by atoms with van der Waals surface area (Å²) in [4.78, 5) is 2.44. The first-order valence-electron chi connectivity index (χ1n) is 8.19. The molecule has 0 spiro atoms. The molecule has 1 fully saturated rings. The molecular weight excluding hydrogens is 270 g/mol. The summed E-state index contributed by atoms with van der Waals surface area (Å²) in [5, 5.41) is 10.7. The van der Waals surface area contributed by atoms with Crippen LogP contribution in [0, 0.1) is 0 Å². The van der Waals surface area contributed by atoms with Gasteiger partial charge < -0.3 is 5.11 Å². The monoisotopic (exact) mass is 295 g/mol. The SMILES string of the molecule is C[C@@]1(O)CCC[C@@H]1N(Cc1ccccc1)Cc1ccccc1. The van der Waals surface area contributed by atoms with E-state index in [2.05, 4.69) is 65.6 Å². The van der Waals surface area contributed by atoms with Gasteiger partial charge in [0.1, 0.15) is 0 Å². The van der Waals surface area contributed by atoms with Gasteiger partial charge in [0, 0.05) is 19.1 Å². The Labute approximate surface area is 133 Å². The van der Waals surface area contributed by atoms with Gasteiger partial charge in [0.2, 0.25) is 0 Å². The second-order valence-electron chi connectivity index (χ2n) is 6.64. The average molecular weight is 295 g/mol. The molecule has 0 amide bonds. The predicted octanol–water partition coefficient (Wildman–Crippen LogP) is 3.99. The minimum atomic E-state index is -0.580. The number of hydrogen-bond donors (Lipinski definition) is 1. The lowest BCUT2D eigenvalue weighted by atomic mass is 9.97. The molecule has 1 saturated carbocycles. The van der Waals surface area contributed by atoms with E-state index in [0.717, 1.165) is 32.4 Å². The van der Waals surface area contributed by atoms with Gasteiger partial charge in [-0.3, -0.25) is 4.90 Å². The van der Waals surface area contributed by atoms with Crippen molar-refractivity contribution in [1.29, 1.82) is 0 Å². The van der Waals surface area contributed by atoms with E-state index < -0.39 is 5.60 Å². The molecule has 116 valence electrons. The Morgan fingerprint density at radius 2 is 1.45 bits per heavy atom. The van der Waals surface area contributed by atoms with Crippen LogP contribution in [-0.2, 0) is 13.1 Å². The van der Waals surface area contributed by atoms with Crippen LogP contribution >= 0.6 is 0 Å². The highest BCUT2D eigenvalue weighted by atomic mass is 16.3. The predicted molar refractivity (Wildman–Crippen MR) is 90.4 cm³/mol. The standard InChI is InChI=1S/C20H25NO/c1-20(22)14-8-13-19(20)21(15-17-9-4-2-5-10-17)16-18-11-6-3-7-12-18/h2-7,9-12,19,22H,8,13-16H2,1H3/t19-,20+/m0/s1. The van der Waals surface area contributed by atoms with E-state index in [9.17, 15) is 5.11 Å². The smallest absolute Gasteiger partial charge is 0.0774 e. The maximum absolute atomic E-state index is 10.7. The van der Waals surface area contributed by atoms with Gasteiger partial charge in [-0.25, -0.2) is 0 Å². The summed E-state index contributed by atoms with van der Waals surface area (Å²) < 4.78 is 0. The highest BCUT2D eigenvalue weighted by Crippen LogP contribution is 2.35. The van der Waals surface area contributed by atoms with Crippen molar-refractivity contribution in [3.8, 4) is 0 Å². The summed E-state index contributed by atoms with van der Waals surface area (Å²) in [5.74, 6) is 0. The molecule has 2 heteroatoms. The highest BCUT2D eigenvalue weighted by Gasteiger charge is 2.40. The van der Waals surface area contributed by atoms with Crippen LogP contribution in [-0.4, -0.2) is 21.6 Å². The van der Waals surface area contributed by atoms with Crippen molar-refractivity contribution in [2.24, 2.45) is 0 Å². The van der Waals surface area contributed by atoms with E-state index in [4.69, 9.17) is 0 Å². The molecule has 0 aromatic heterocycles. The molecular formula is C20H25NO. The maximum Gasteiger partial charge on any atom is 0.0774 e. The zero-order valence-corrected chi connectivity index (χ0v) is 13.3. The van der Waals surface area contributed by atoms with Crippen molar-refractivity contribution in [3.05, 3.63) is 71.8 Å². The van der Waals surface area contributed by atoms with E-state index in [1.807, 2.05) is 6.92 Å². The molecule has 2 atom stereocenters. The van der Waals surface area contributed by atoms with E-state index in [-0.39, 0.29) is 6.04 Å². The first-order valence-corrected chi connectivity index (χ1v) is 8.19.